The summed E-state index contributed by atoms with van der Waals surface area (Å²) in [6.07, 6.45) is 6.19. The number of aromatic nitrogens is 4. The van der Waals surface area contributed by atoms with Crippen LogP contribution in [0, 0.1) is 5.92 Å². The molecule has 0 spiro atoms. The van der Waals surface area contributed by atoms with Crippen LogP contribution in [0.2, 0.25) is 0 Å². The highest BCUT2D eigenvalue weighted by Gasteiger charge is 2.36. The zero-order valence-electron chi connectivity index (χ0n) is 17.3. The predicted molar refractivity (Wildman–Crippen MR) is 123 cm³/mol. The molecular formula is C24H25N7. The van der Waals surface area contributed by atoms with Gasteiger partial charge in [-0.05, 0) is 67.7 Å². The monoisotopic (exact) mass is 411 g/mol. The summed E-state index contributed by atoms with van der Waals surface area (Å²) in [5.74, 6) is 2.69. The number of anilines is 4. The topological polar surface area (TPSA) is 81.8 Å². The minimum atomic E-state index is 0.507. The van der Waals surface area contributed by atoms with Crippen LogP contribution in [0.15, 0.2) is 60.9 Å². The third kappa shape index (κ3) is 3.41. The number of benzene rings is 2. The quantitative estimate of drug-likeness (QED) is 0.464. The third-order valence-corrected chi connectivity index (χ3v) is 6.51. The lowest BCUT2D eigenvalue weighted by molar-refractivity contribution is 0.331. The highest BCUT2D eigenvalue weighted by atomic mass is 15.3. The van der Waals surface area contributed by atoms with E-state index in [1.165, 1.54) is 24.1 Å². The SMILES string of the molecule is c1ccc2c(c1)C(C1CCCNC1)CN2c1nccc(Nc2ccc3[nH]ncc3c2)n1. The molecule has 0 amide bonds. The Morgan fingerprint density at radius 3 is 3.00 bits per heavy atom. The van der Waals surface area contributed by atoms with Crippen molar-refractivity contribution in [2.45, 2.75) is 18.8 Å². The van der Waals surface area contributed by atoms with Crippen molar-refractivity contribution in [2.75, 3.05) is 29.9 Å². The van der Waals surface area contributed by atoms with E-state index in [1.807, 2.05) is 30.6 Å². The van der Waals surface area contributed by atoms with Crippen molar-refractivity contribution in [1.82, 2.24) is 25.5 Å². The fourth-order valence-corrected chi connectivity index (χ4v) is 4.97. The van der Waals surface area contributed by atoms with Gasteiger partial charge < -0.3 is 15.5 Å². The normalized spacial score (nSPS) is 20.7. The number of para-hydroxylation sites is 1. The van der Waals surface area contributed by atoms with E-state index in [0.717, 1.165) is 48.0 Å². The van der Waals surface area contributed by atoms with Crippen molar-refractivity contribution in [3.8, 4) is 0 Å². The Labute approximate surface area is 180 Å². The zero-order valence-corrected chi connectivity index (χ0v) is 17.3. The van der Waals surface area contributed by atoms with E-state index in [2.05, 4.69) is 61.0 Å². The maximum Gasteiger partial charge on any atom is 0.231 e. The Balaban J connectivity index is 1.29. The lowest BCUT2D eigenvalue weighted by Crippen LogP contribution is -2.34. The largest absolute Gasteiger partial charge is 0.340 e. The van der Waals surface area contributed by atoms with Crippen molar-refractivity contribution >= 4 is 34.0 Å². The van der Waals surface area contributed by atoms with E-state index in [4.69, 9.17) is 4.98 Å². The molecule has 2 aromatic carbocycles. The van der Waals surface area contributed by atoms with Gasteiger partial charge in [0.2, 0.25) is 5.95 Å². The maximum absolute atomic E-state index is 4.86. The summed E-state index contributed by atoms with van der Waals surface area (Å²) in [7, 11) is 0. The van der Waals surface area contributed by atoms with Gasteiger partial charge in [-0.25, -0.2) is 4.98 Å². The Hall–Kier alpha value is -3.45. The van der Waals surface area contributed by atoms with Crippen LogP contribution in [0.5, 0.6) is 0 Å². The molecule has 4 heterocycles. The average molecular weight is 412 g/mol. The molecule has 2 atom stereocenters. The number of rotatable bonds is 4. The van der Waals surface area contributed by atoms with Crippen molar-refractivity contribution in [3.63, 3.8) is 0 Å². The second kappa shape index (κ2) is 7.67. The van der Waals surface area contributed by atoms with Crippen LogP contribution >= 0.6 is 0 Å². The van der Waals surface area contributed by atoms with E-state index in [9.17, 15) is 0 Å². The zero-order chi connectivity index (χ0) is 20.6. The molecule has 2 aromatic heterocycles. The summed E-state index contributed by atoms with van der Waals surface area (Å²) in [6, 6.07) is 16.8. The van der Waals surface area contributed by atoms with Gasteiger partial charge in [-0.1, -0.05) is 18.2 Å². The molecule has 0 radical (unpaired) electrons. The smallest absolute Gasteiger partial charge is 0.231 e. The van der Waals surface area contributed by atoms with Crippen molar-refractivity contribution in [1.29, 1.82) is 0 Å². The summed E-state index contributed by atoms with van der Waals surface area (Å²) in [5, 5.41) is 15.1. The standard InChI is InChI=1S/C24H25N7/c1-2-6-22-19(5-1)20(16-4-3-10-25-13-16)15-31(22)24-26-11-9-23(29-24)28-18-7-8-21-17(12-18)14-27-30-21/h1-2,5-9,11-12,14,16,20,25H,3-4,10,13,15H2,(H,27,30)(H,26,28,29). The number of nitrogens with zero attached hydrogens (tertiary/aromatic N) is 4. The molecule has 0 saturated carbocycles. The van der Waals surface area contributed by atoms with E-state index in [-0.39, 0.29) is 0 Å². The molecule has 6 rings (SSSR count). The number of aromatic amines is 1. The second-order valence-electron chi connectivity index (χ2n) is 8.42. The lowest BCUT2D eigenvalue weighted by Gasteiger charge is -2.28. The first-order chi connectivity index (χ1) is 15.3. The molecule has 4 aromatic rings. The molecule has 1 saturated heterocycles. The Kier molecular flexibility index (Phi) is 4.53. The average Bonchev–Trinajstić information content (AvgIpc) is 3.44. The Morgan fingerprint density at radius 1 is 1.10 bits per heavy atom. The highest BCUT2D eigenvalue weighted by Crippen LogP contribution is 2.44. The molecule has 31 heavy (non-hydrogen) atoms. The fourth-order valence-electron chi connectivity index (χ4n) is 4.97. The number of fused-ring (bicyclic) bond motifs is 2. The number of piperidine rings is 1. The number of H-pyrrole nitrogens is 1. The molecule has 7 nitrogen and oxygen atoms in total. The first-order valence-electron chi connectivity index (χ1n) is 11.0. The number of hydrogen-bond donors (Lipinski definition) is 3. The van der Waals surface area contributed by atoms with Gasteiger partial charge in [0.25, 0.3) is 0 Å². The summed E-state index contributed by atoms with van der Waals surface area (Å²) in [6.45, 7) is 3.15. The number of hydrogen-bond acceptors (Lipinski definition) is 6. The van der Waals surface area contributed by atoms with Gasteiger partial charge in [0.1, 0.15) is 5.82 Å². The van der Waals surface area contributed by atoms with Gasteiger partial charge >= 0.3 is 0 Å². The Bertz CT molecular complexity index is 1210. The van der Waals surface area contributed by atoms with E-state index >= 15 is 0 Å². The van der Waals surface area contributed by atoms with Crippen LogP contribution in [0.25, 0.3) is 10.9 Å². The van der Waals surface area contributed by atoms with Crippen LogP contribution in [0.4, 0.5) is 23.1 Å². The molecule has 2 aliphatic rings. The van der Waals surface area contributed by atoms with Gasteiger partial charge in [0, 0.05) is 35.4 Å². The minimum absolute atomic E-state index is 0.507. The van der Waals surface area contributed by atoms with Crippen molar-refractivity contribution in [2.24, 2.45) is 5.92 Å². The molecule has 2 unspecified atom stereocenters. The summed E-state index contributed by atoms with van der Waals surface area (Å²) in [4.78, 5) is 11.8. The van der Waals surface area contributed by atoms with Gasteiger partial charge in [-0.3, -0.25) is 5.10 Å². The van der Waals surface area contributed by atoms with E-state index < -0.39 is 0 Å². The predicted octanol–water partition coefficient (Wildman–Crippen LogP) is 4.33. The van der Waals surface area contributed by atoms with Crippen LogP contribution in [-0.4, -0.2) is 39.8 Å². The lowest BCUT2D eigenvalue weighted by atomic mass is 9.83. The molecule has 3 N–H and O–H groups in total. The molecule has 156 valence electrons. The minimum Gasteiger partial charge on any atom is -0.340 e. The van der Waals surface area contributed by atoms with Crippen LogP contribution in [-0.2, 0) is 0 Å². The van der Waals surface area contributed by atoms with Crippen molar-refractivity contribution < 1.29 is 0 Å². The summed E-state index contributed by atoms with van der Waals surface area (Å²) >= 11 is 0. The van der Waals surface area contributed by atoms with Gasteiger partial charge in [0.05, 0.1) is 11.7 Å². The molecule has 0 aliphatic carbocycles. The molecular weight excluding hydrogens is 386 g/mol. The first-order valence-corrected chi connectivity index (χ1v) is 11.0. The van der Waals surface area contributed by atoms with Crippen LogP contribution in [0.3, 0.4) is 0 Å². The van der Waals surface area contributed by atoms with Crippen molar-refractivity contribution in [3.05, 3.63) is 66.5 Å². The number of nitrogens with one attached hydrogen (secondary N) is 3. The first kappa shape index (κ1) is 18.3. The molecule has 7 heteroatoms. The maximum atomic E-state index is 4.86. The third-order valence-electron chi connectivity index (χ3n) is 6.51. The van der Waals surface area contributed by atoms with Crippen LogP contribution < -0.4 is 15.5 Å². The fraction of sp³-hybridized carbons (Fsp3) is 0.292. The molecule has 0 bridgehead atoms. The summed E-state index contributed by atoms with van der Waals surface area (Å²) < 4.78 is 0. The van der Waals surface area contributed by atoms with Gasteiger partial charge in [-0.15, -0.1) is 0 Å². The van der Waals surface area contributed by atoms with Gasteiger partial charge in [0.15, 0.2) is 0 Å². The van der Waals surface area contributed by atoms with E-state index in [0.29, 0.717) is 11.8 Å². The molecule has 2 aliphatic heterocycles. The second-order valence-corrected chi connectivity index (χ2v) is 8.42. The highest BCUT2D eigenvalue weighted by molar-refractivity contribution is 5.82. The Morgan fingerprint density at radius 2 is 2.06 bits per heavy atom. The van der Waals surface area contributed by atoms with Gasteiger partial charge in [-0.2, -0.15) is 10.1 Å². The van der Waals surface area contributed by atoms with E-state index in [1.54, 1.807) is 0 Å². The van der Waals surface area contributed by atoms with Crippen LogP contribution in [0.1, 0.15) is 24.3 Å². The molecule has 1 fully saturated rings. The summed E-state index contributed by atoms with van der Waals surface area (Å²) in [5.41, 5.74) is 4.65.